The molecule has 112 valence electrons. The van der Waals surface area contributed by atoms with Crippen molar-refractivity contribution >= 4 is 14.0 Å². The van der Waals surface area contributed by atoms with Crippen molar-refractivity contribution in [2.45, 2.75) is 31.8 Å². The van der Waals surface area contributed by atoms with Crippen LogP contribution in [0.4, 0.5) is 0 Å². The Morgan fingerprint density at radius 3 is 2.35 bits per heavy atom. The van der Waals surface area contributed by atoms with E-state index in [2.05, 4.69) is 19.6 Å². The highest BCUT2D eigenvalue weighted by Crippen LogP contribution is 2.20. The van der Waals surface area contributed by atoms with Crippen LogP contribution < -0.4 is 0 Å². The van der Waals surface area contributed by atoms with Gasteiger partial charge in [0.2, 0.25) is 0 Å². The van der Waals surface area contributed by atoms with Crippen LogP contribution in [-0.4, -0.2) is 37.7 Å². The van der Waals surface area contributed by atoms with Gasteiger partial charge >= 0.3 is 5.97 Å². The monoisotopic (exact) mass is 298 g/mol. The summed E-state index contributed by atoms with van der Waals surface area (Å²) in [4.78, 5) is 11.2. The summed E-state index contributed by atoms with van der Waals surface area (Å²) in [7, 11) is -1.15. The first-order valence-electron chi connectivity index (χ1n) is 6.51. The van der Waals surface area contributed by atoms with Crippen molar-refractivity contribution in [3.8, 4) is 5.75 Å². The van der Waals surface area contributed by atoms with Crippen LogP contribution in [0.15, 0.2) is 24.3 Å². The second-order valence-corrected chi connectivity index (χ2v) is 11.4. The summed E-state index contributed by atoms with van der Waals surface area (Å²) in [5.41, 5.74) is 0.476. The number of phenolic OH excluding ortho intramolecular Hbond substituents is 1. The molecule has 0 aliphatic carbocycles. The first-order valence-corrected chi connectivity index (χ1v) is 10.2. The molecule has 0 aliphatic rings. The molecule has 0 spiro atoms. The molecule has 0 heterocycles. The van der Waals surface area contributed by atoms with Crippen molar-refractivity contribution < 1.29 is 24.5 Å². The molecule has 1 aromatic carbocycles. The third kappa shape index (κ3) is 6.18. The summed E-state index contributed by atoms with van der Waals surface area (Å²) in [5.74, 6) is -0.992. The Kier molecular flexibility index (Phi) is 6.19. The van der Waals surface area contributed by atoms with E-state index in [0.717, 1.165) is 6.04 Å². The topological polar surface area (TPSA) is 76.0 Å². The largest absolute Gasteiger partial charge is 0.508 e. The molecule has 1 atom stereocenters. The van der Waals surface area contributed by atoms with Gasteiger partial charge in [0.25, 0.3) is 0 Å². The zero-order chi connectivity index (χ0) is 15.2. The second kappa shape index (κ2) is 7.42. The van der Waals surface area contributed by atoms with E-state index in [0.29, 0.717) is 12.2 Å². The maximum Gasteiger partial charge on any atom is 0.337 e. The van der Waals surface area contributed by atoms with Crippen LogP contribution in [0, 0.1) is 0 Å². The van der Waals surface area contributed by atoms with Gasteiger partial charge in [0, 0.05) is 14.7 Å². The number of hydrogen-bond acceptors (Lipinski definition) is 4. The van der Waals surface area contributed by atoms with Gasteiger partial charge in [0.05, 0.1) is 0 Å². The Bertz CT molecular complexity index is 424. The van der Waals surface area contributed by atoms with Gasteiger partial charge in [0.1, 0.15) is 12.5 Å². The van der Waals surface area contributed by atoms with Crippen LogP contribution in [0.25, 0.3) is 0 Å². The number of phenols is 1. The molecular formula is C14H22O5Si. The van der Waals surface area contributed by atoms with Crippen molar-refractivity contribution in [3.63, 3.8) is 0 Å². The molecule has 0 saturated heterocycles. The van der Waals surface area contributed by atoms with Crippen molar-refractivity contribution in [3.05, 3.63) is 29.8 Å². The smallest absolute Gasteiger partial charge is 0.337 e. The third-order valence-corrected chi connectivity index (χ3v) is 4.44. The Morgan fingerprint density at radius 1 is 1.25 bits per heavy atom. The van der Waals surface area contributed by atoms with E-state index in [4.69, 9.17) is 14.6 Å². The minimum atomic E-state index is -1.15. The summed E-state index contributed by atoms with van der Waals surface area (Å²) in [6.07, 6.45) is -1.08. The Balaban J connectivity index is 2.45. The fraction of sp³-hybridized carbons (Fsp3) is 0.500. The van der Waals surface area contributed by atoms with Crippen molar-refractivity contribution in [1.29, 1.82) is 0 Å². The lowest BCUT2D eigenvalue weighted by Crippen LogP contribution is -2.23. The first kappa shape index (κ1) is 16.7. The summed E-state index contributed by atoms with van der Waals surface area (Å²) in [6, 6.07) is 6.92. The highest BCUT2D eigenvalue weighted by molar-refractivity contribution is 6.76. The van der Waals surface area contributed by atoms with Crippen LogP contribution >= 0.6 is 0 Å². The van der Waals surface area contributed by atoms with Gasteiger partial charge in [-0.05, 0) is 23.7 Å². The molecule has 2 N–H and O–H groups in total. The number of carboxylic acids is 1. The highest BCUT2D eigenvalue weighted by atomic mass is 28.3. The van der Waals surface area contributed by atoms with Crippen molar-refractivity contribution in [2.24, 2.45) is 0 Å². The molecule has 1 rings (SSSR count). The number of carboxylic acid groups (broad SMARTS) is 1. The number of aliphatic carboxylic acids is 1. The molecule has 0 aliphatic heterocycles. The van der Waals surface area contributed by atoms with Crippen LogP contribution in [0.2, 0.25) is 25.7 Å². The number of aromatic hydroxyl groups is 1. The molecule has 5 nitrogen and oxygen atoms in total. The van der Waals surface area contributed by atoms with E-state index in [9.17, 15) is 9.90 Å². The van der Waals surface area contributed by atoms with Gasteiger partial charge in [-0.2, -0.15) is 0 Å². The summed E-state index contributed by atoms with van der Waals surface area (Å²) in [5, 5.41) is 18.3. The van der Waals surface area contributed by atoms with E-state index in [1.807, 2.05) is 0 Å². The normalized spacial score (nSPS) is 13.2. The number of ether oxygens (including phenoxy) is 2. The Morgan fingerprint density at radius 2 is 1.85 bits per heavy atom. The predicted molar refractivity (Wildman–Crippen MR) is 78.5 cm³/mol. The van der Waals surface area contributed by atoms with E-state index in [-0.39, 0.29) is 12.5 Å². The zero-order valence-electron chi connectivity index (χ0n) is 12.1. The average molecular weight is 298 g/mol. The van der Waals surface area contributed by atoms with Crippen LogP contribution in [0.5, 0.6) is 5.75 Å². The SMILES string of the molecule is C[Si](C)(C)CCOCO[C@@H](C(=O)O)c1ccc(O)cc1. The number of carbonyl (C=O) groups is 1. The summed E-state index contributed by atoms with van der Waals surface area (Å²) in [6.45, 7) is 7.26. The van der Waals surface area contributed by atoms with Crippen molar-refractivity contribution in [2.75, 3.05) is 13.4 Å². The molecular weight excluding hydrogens is 276 g/mol. The number of hydrogen-bond donors (Lipinski definition) is 2. The van der Waals surface area contributed by atoms with Gasteiger partial charge < -0.3 is 19.7 Å². The number of rotatable bonds is 8. The summed E-state index contributed by atoms with van der Waals surface area (Å²) >= 11 is 0. The van der Waals surface area contributed by atoms with Crippen molar-refractivity contribution in [1.82, 2.24) is 0 Å². The Labute approximate surface area is 120 Å². The minimum absolute atomic E-state index is 0.0533. The fourth-order valence-electron chi connectivity index (χ4n) is 1.51. The van der Waals surface area contributed by atoms with E-state index in [1.54, 1.807) is 0 Å². The van der Waals surface area contributed by atoms with Crippen LogP contribution in [0.1, 0.15) is 11.7 Å². The molecule has 0 saturated carbocycles. The molecule has 0 bridgehead atoms. The highest BCUT2D eigenvalue weighted by Gasteiger charge is 2.20. The molecule has 20 heavy (non-hydrogen) atoms. The van der Waals surface area contributed by atoms with Gasteiger partial charge in [0.15, 0.2) is 6.10 Å². The lowest BCUT2D eigenvalue weighted by Gasteiger charge is -2.17. The third-order valence-electron chi connectivity index (χ3n) is 2.73. The van der Waals surface area contributed by atoms with E-state index < -0.39 is 20.1 Å². The second-order valence-electron chi connectivity index (χ2n) is 5.81. The van der Waals surface area contributed by atoms with Gasteiger partial charge in [-0.3, -0.25) is 0 Å². The quantitative estimate of drug-likeness (QED) is 0.438. The number of benzene rings is 1. The minimum Gasteiger partial charge on any atom is -0.508 e. The lowest BCUT2D eigenvalue weighted by molar-refractivity contribution is -0.161. The first-order chi connectivity index (χ1) is 9.29. The van der Waals surface area contributed by atoms with Gasteiger partial charge in [-0.1, -0.05) is 31.8 Å². The van der Waals surface area contributed by atoms with E-state index >= 15 is 0 Å². The molecule has 1 aromatic rings. The predicted octanol–water partition coefficient (Wildman–Crippen LogP) is 2.85. The average Bonchev–Trinajstić information content (AvgIpc) is 2.33. The molecule has 6 heteroatoms. The van der Waals surface area contributed by atoms with Crippen LogP contribution in [-0.2, 0) is 14.3 Å². The maximum absolute atomic E-state index is 11.2. The molecule has 0 amide bonds. The Hall–Kier alpha value is -1.37. The summed E-state index contributed by atoms with van der Waals surface area (Å²) < 4.78 is 10.6. The molecule has 0 aromatic heterocycles. The zero-order valence-corrected chi connectivity index (χ0v) is 13.1. The van der Waals surface area contributed by atoms with Gasteiger partial charge in [-0.25, -0.2) is 4.79 Å². The molecule has 0 radical (unpaired) electrons. The van der Waals surface area contributed by atoms with Gasteiger partial charge in [-0.15, -0.1) is 0 Å². The molecule has 0 unspecified atom stereocenters. The molecule has 0 fully saturated rings. The maximum atomic E-state index is 11.2. The van der Waals surface area contributed by atoms with Crippen LogP contribution in [0.3, 0.4) is 0 Å². The van der Waals surface area contributed by atoms with E-state index in [1.165, 1.54) is 24.3 Å². The lowest BCUT2D eigenvalue weighted by atomic mass is 10.1. The standard InChI is InChI=1S/C14H22O5Si/c1-20(2,3)9-8-18-10-19-13(14(16)17)11-4-6-12(15)7-5-11/h4-7,13,15H,8-10H2,1-3H3,(H,16,17)/t13-/m1/s1. The fourth-order valence-corrected chi connectivity index (χ4v) is 2.27.